The highest BCUT2D eigenvalue weighted by Gasteiger charge is 2.39. The Morgan fingerprint density at radius 3 is 2.24 bits per heavy atom. The van der Waals surface area contributed by atoms with Gasteiger partial charge in [0.2, 0.25) is 5.91 Å². The van der Waals surface area contributed by atoms with Gasteiger partial charge in [0.15, 0.2) is 0 Å². The van der Waals surface area contributed by atoms with Crippen molar-refractivity contribution in [1.29, 1.82) is 0 Å². The molecule has 0 saturated carbocycles. The predicted molar refractivity (Wildman–Crippen MR) is 125 cm³/mol. The van der Waals surface area contributed by atoms with Crippen LogP contribution in [-0.2, 0) is 14.3 Å². The van der Waals surface area contributed by atoms with E-state index in [0.717, 1.165) is 22.3 Å². The second-order valence-electron chi connectivity index (χ2n) is 9.62. The third-order valence-electron chi connectivity index (χ3n) is 6.63. The van der Waals surface area contributed by atoms with Gasteiger partial charge in [-0.2, -0.15) is 0 Å². The molecule has 3 N–H and O–H groups in total. The molecule has 1 aliphatic carbocycles. The number of aliphatic carboxylic acids is 1. The van der Waals surface area contributed by atoms with E-state index in [0.29, 0.717) is 6.42 Å². The molecule has 2 amide bonds. The average molecular weight is 467 g/mol. The van der Waals surface area contributed by atoms with Gasteiger partial charge in [-0.15, -0.1) is 0 Å². The molecule has 2 atom stereocenters. The molecule has 1 aliphatic heterocycles. The summed E-state index contributed by atoms with van der Waals surface area (Å²) in [6.45, 7) is 3.78. The molecule has 1 saturated heterocycles. The number of likely N-dealkylation sites (tertiary alicyclic amines) is 1. The Labute approximate surface area is 198 Å². The summed E-state index contributed by atoms with van der Waals surface area (Å²) in [5, 5.41) is 21.9. The lowest BCUT2D eigenvalue weighted by Crippen LogP contribution is -2.46. The minimum atomic E-state index is -1.12. The Hall–Kier alpha value is -3.39. The van der Waals surface area contributed by atoms with E-state index < -0.39 is 29.7 Å². The summed E-state index contributed by atoms with van der Waals surface area (Å²) in [6, 6.07) is 15.2. The van der Waals surface area contributed by atoms with Crippen LogP contribution in [0.4, 0.5) is 4.79 Å². The number of hydrogen-bond acceptors (Lipinski definition) is 5. The quantitative estimate of drug-likeness (QED) is 0.577. The SMILES string of the molecule is CC(C)(CCC(=O)N1C[C@H](O)C[C@@H]1C(=O)O)NC(=O)OCC1c2ccccc2-c2ccccc21. The number of carbonyl (C=O) groups is 3. The van der Waals surface area contributed by atoms with Crippen molar-refractivity contribution in [2.45, 2.75) is 56.7 Å². The highest BCUT2D eigenvalue weighted by Crippen LogP contribution is 2.44. The van der Waals surface area contributed by atoms with Gasteiger partial charge in [0.25, 0.3) is 0 Å². The number of aliphatic hydroxyl groups is 1. The smallest absolute Gasteiger partial charge is 0.407 e. The Balaban J connectivity index is 1.32. The molecule has 1 fully saturated rings. The summed E-state index contributed by atoms with van der Waals surface area (Å²) < 4.78 is 5.59. The van der Waals surface area contributed by atoms with E-state index in [-0.39, 0.29) is 37.8 Å². The number of rotatable bonds is 7. The first-order chi connectivity index (χ1) is 16.2. The summed E-state index contributed by atoms with van der Waals surface area (Å²) in [5.74, 6) is -1.52. The minimum absolute atomic E-state index is 0.00996. The highest BCUT2D eigenvalue weighted by molar-refractivity contribution is 5.84. The average Bonchev–Trinajstić information content (AvgIpc) is 3.34. The van der Waals surface area contributed by atoms with Crippen LogP contribution in [-0.4, -0.2) is 63.9 Å². The zero-order valence-corrected chi connectivity index (χ0v) is 19.4. The molecule has 2 aromatic rings. The highest BCUT2D eigenvalue weighted by atomic mass is 16.5. The number of amides is 2. The maximum absolute atomic E-state index is 12.6. The number of carbonyl (C=O) groups excluding carboxylic acids is 2. The van der Waals surface area contributed by atoms with Crippen LogP contribution >= 0.6 is 0 Å². The van der Waals surface area contributed by atoms with Crippen LogP contribution in [0.2, 0.25) is 0 Å². The van der Waals surface area contributed by atoms with Crippen LogP contribution in [0.5, 0.6) is 0 Å². The number of benzene rings is 2. The number of alkyl carbamates (subject to hydrolysis) is 1. The molecule has 180 valence electrons. The molecule has 0 aromatic heterocycles. The fraction of sp³-hybridized carbons (Fsp3) is 0.423. The fourth-order valence-electron chi connectivity index (χ4n) is 4.86. The van der Waals surface area contributed by atoms with Gasteiger partial charge in [-0.25, -0.2) is 9.59 Å². The number of ether oxygens (including phenoxy) is 1. The Bertz CT molecular complexity index is 1050. The first-order valence-corrected chi connectivity index (χ1v) is 11.5. The Morgan fingerprint density at radius 1 is 1.06 bits per heavy atom. The van der Waals surface area contributed by atoms with Gasteiger partial charge in [-0.05, 0) is 42.5 Å². The Morgan fingerprint density at radius 2 is 1.65 bits per heavy atom. The van der Waals surface area contributed by atoms with Crippen LogP contribution < -0.4 is 5.32 Å². The molecular formula is C26H30N2O6. The molecule has 8 heteroatoms. The maximum atomic E-state index is 12.6. The van der Waals surface area contributed by atoms with E-state index in [1.54, 1.807) is 13.8 Å². The zero-order chi connectivity index (χ0) is 24.5. The normalized spacial score (nSPS) is 19.4. The predicted octanol–water partition coefficient (Wildman–Crippen LogP) is 3.13. The lowest BCUT2D eigenvalue weighted by Gasteiger charge is -2.28. The van der Waals surface area contributed by atoms with Crippen molar-refractivity contribution in [3.63, 3.8) is 0 Å². The van der Waals surface area contributed by atoms with Crippen LogP contribution in [0.15, 0.2) is 48.5 Å². The van der Waals surface area contributed by atoms with Crippen LogP contribution in [0, 0.1) is 0 Å². The second-order valence-corrected chi connectivity index (χ2v) is 9.62. The van der Waals surface area contributed by atoms with Gasteiger partial charge in [-0.3, -0.25) is 4.79 Å². The second kappa shape index (κ2) is 9.46. The van der Waals surface area contributed by atoms with E-state index in [9.17, 15) is 24.6 Å². The molecule has 0 spiro atoms. The lowest BCUT2D eigenvalue weighted by atomic mass is 9.97. The van der Waals surface area contributed by atoms with Gasteiger partial charge in [0, 0.05) is 30.8 Å². The maximum Gasteiger partial charge on any atom is 0.407 e. The van der Waals surface area contributed by atoms with Gasteiger partial charge in [0.05, 0.1) is 6.10 Å². The van der Waals surface area contributed by atoms with Crippen molar-refractivity contribution in [2.75, 3.05) is 13.2 Å². The molecule has 0 unspecified atom stereocenters. The molecule has 2 aromatic carbocycles. The van der Waals surface area contributed by atoms with Crippen molar-refractivity contribution in [1.82, 2.24) is 10.2 Å². The topological polar surface area (TPSA) is 116 Å². The molecule has 2 aliphatic rings. The number of nitrogens with zero attached hydrogens (tertiary/aromatic N) is 1. The molecule has 1 heterocycles. The van der Waals surface area contributed by atoms with Crippen molar-refractivity contribution in [2.24, 2.45) is 0 Å². The van der Waals surface area contributed by atoms with Crippen molar-refractivity contribution in [3.8, 4) is 11.1 Å². The fourth-order valence-corrected chi connectivity index (χ4v) is 4.86. The van der Waals surface area contributed by atoms with Crippen LogP contribution in [0.3, 0.4) is 0 Å². The number of aliphatic hydroxyl groups excluding tert-OH is 1. The number of β-amino-alcohol motifs (C(OH)–C–C–N with tert-alkyl or cyclic N) is 1. The number of fused-ring (bicyclic) bond motifs is 3. The third-order valence-corrected chi connectivity index (χ3v) is 6.63. The summed E-state index contributed by atoms with van der Waals surface area (Å²) in [6.07, 6.45) is -1.03. The van der Waals surface area contributed by atoms with Crippen molar-refractivity contribution in [3.05, 3.63) is 59.7 Å². The number of hydrogen-bond donors (Lipinski definition) is 3. The first kappa shape index (κ1) is 23.8. The lowest BCUT2D eigenvalue weighted by molar-refractivity contribution is -0.148. The molecule has 0 radical (unpaired) electrons. The van der Waals surface area contributed by atoms with E-state index in [4.69, 9.17) is 4.74 Å². The zero-order valence-electron chi connectivity index (χ0n) is 19.4. The van der Waals surface area contributed by atoms with Crippen molar-refractivity contribution >= 4 is 18.0 Å². The third kappa shape index (κ3) is 4.92. The monoisotopic (exact) mass is 466 g/mol. The standard InChI is InChI=1S/C26H30N2O6/c1-26(2,12-11-23(30)28-14-16(29)13-22(28)24(31)32)27-25(33)34-15-21-19-9-5-3-7-17(19)18-8-4-6-10-20(18)21/h3-10,16,21-22,29H,11-15H2,1-2H3,(H,27,33)(H,31,32)/t16-,22-/m1/s1. The van der Waals surface area contributed by atoms with Crippen molar-refractivity contribution < 1.29 is 29.3 Å². The van der Waals surface area contributed by atoms with E-state index in [2.05, 4.69) is 29.6 Å². The van der Waals surface area contributed by atoms with Gasteiger partial charge in [0.1, 0.15) is 12.6 Å². The largest absolute Gasteiger partial charge is 0.480 e. The molecule has 0 bridgehead atoms. The van der Waals surface area contributed by atoms with Gasteiger partial charge < -0.3 is 25.2 Å². The van der Waals surface area contributed by atoms with Gasteiger partial charge in [-0.1, -0.05) is 48.5 Å². The summed E-state index contributed by atoms with van der Waals surface area (Å²) in [7, 11) is 0. The molecule has 8 nitrogen and oxygen atoms in total. The van der Waals surface area contributed by atoms with E-state index in [1.165, 1.54) is 4.90 Å². The molecule has 34 heavy (non-hydrogen) atoms. The van der Waals surface area contributed by atoms with E-state index >= 15 is 0 Å². The first-order valence-electron chi connectivity index (χ1n) is 11.5. The summed E-state index contributed by atoms with van der Waals surface area (Å²) in [4.78, 5) is 37.7. The number of carboxylic acid groups (broad SMARTS) is 1. The summed E-state index contributed by atoms with van der Waals surface area (Å²) >= 11 is 0. The van der Waals surface area contributed by atoms with Gasteiger partial charge >= 0.3 is 12.1 Å². The number of nitrogens with one attached hydrogen (secondary N) is 1. The van der Waals surface area contributed by atoms with E-state index in [1.807, 2.05) is 24.3 Å². The van der Waals surface area contributed by atoms with Crippen LogP contribution in [0.25, 0.3) is 11.1 Å². The molecular weight excluding hydrogens is 436 g/mol. The number of carboxylic acids is 1. The Kier molecular flexibility index (Phi) is 6.61. The summed E-state index contributed by atoms with van der Waals surface area (Å²) in [5.41, 5.74) is 3.81. The van der Waals surface area contributed by atoms with Crippen LogP contribution in [0.1, 0.15) is 50.2 Å². The minimum Gasteiger partial charge on any atom is -0.480 e. The molecule has 4 rings (SSSR count).